The Morgan fingerprint density at radius 1 is 1.17 bits per heavy atom. The predicted molar refractivity (Wildman–Crippen MR) is 111 cm³/mol. The number of ketones is 1. The number of amides is 1. The van der Waals surface area contributed by atoms with Gasteiger partial charge in [0.15, 0.2) is 0 Å². The lowest BCUT2D eigenvalue weighted by Gasteiger charge is -2.38. The number of piperidine rings is 1. The molecule has 0 aromatic heterocycles. The van der Waals surface area contributed by atoms with Crippen molar-refractivity contribution < 1.29 is 23.9 Å². The lowest BCUT2D eigenvalue weighted by atomic mass is 9.74. The molecule has 0 atom stereocenters. The van der Waals surface area contributed by atoms with Crippen LogP contribution in [0.25, 0.3) is 6.08 Å². The number of nitriles is 1. The molecule has 1 amide bonds. The molecular weight excluding hydrogens is 384 g/mol. The van der Waals surface area contributed by atoms with Gasteiger partial charge < -0.3 is 14.4 Å². The van der Waals surface area contributed by atoms with Crippen molar-refractivity contribution in [1.29, 1.82) is 5.26 Å². The van der Waals surface area contributed by atoms with E-state index in [-0.39, 0.29) is 12.7 Å². The third kappa shape index (κ3) is 5.93. The summed E-state index contributed by atoms with van der Waals surface area (Å²) in [7, 11) is 0. The SMILES string of the molecule is CCOC(=O)C(=O)C=Cc1ccc(C2(C#N)CCN(C(=O)OC(C)(C)C)CC2)cc1. The number of carbonyl (C=O) groups is 3. The third-order valence-electron chi connectivity index (χ3n) is 4.85. The lowest BCUT2D eigenvalue weighted by Crippen LogP contribution is -2.46. The first-order chi connectivity index (χ1) is 14.1. The number of ether oxygens (including phenoxy) is 2. The summed E-state index contributed by atoms with van der Waals surface area (Å²) in [4.78, 5) is 36.9. The van der Waals surface area contributed by atoms with Crippen LogP contribution in [-0.2, 0) is 24.5 Å². The Kier molecular flexibility index (Phi) is 7.38. The second-order valence-electron chi connectivity index (χ2n) is 8.20. The van der Waals surface area contributed by atoms with Crippen LogP contribution in [0.15, 0.2) is 30.3 Å². The molecule has 0 aliphatic carbocycles. The van der Waals surface area contributed by atoms with Crippen LogP contribution in [-0.4, -0.2) is 48.0 Å². The van der Waals surface area contributed by atoms with Crippen molar-refractivity contribution >= 4 is 23.9 Å². The molecule has 1 aliphatic rings. The number of carbonyl (C=O) groups excluding carboxylic acids is 3. The van der Waals surface area contributed by atoms with Gasteiger partial charge in [0.2, 0.25) is 0 Å². The number of hydrogen-bond acceptors (Lipinski definition) is 6. The Morgan fingerprint density at radius 3 is 2.27 bits per heavy atom. The topological polar surface area (TPSA) is 96.7 Å². The molecule has 1 aromatic carbocycles. The lowest BCUT2D eigenvalue weighted by molar-refractivity contribution is -0.151. The summed E-state index contributed by atoms with van der Waals surface area (Å²) in [5, 5.41) is 9.87. The molecule has 0 spiro atoms. The molecule has 1 saturated heterocycles. The van der Waals surface area contributed by atoms with Gasteiger partial charge >= 0.3 is 12.1 Å². The zero-order valence-corrected chi connectivity index (χ0v) is 17.9. The maximum absolute atomic E-state index is 12.3. The van der Waals surface area contributed by atoms with Crippen LogP contribution in [0.2, 0.25) is 0 Å². The minimum absolute atomic E-state index is 0.148. The quantitative estimate of drug-likeness (QED) is 0.416. The molecule has 7 heteroatoms. The molecule has 2 rings (SSSR count). The van der Waals surface area contributed by atoms with Crippen LogP contribution in [0.1, 0.15) is 51.7 Å². The average Bonchev–Trinajstić information content (AvgIpc) is 2.71. The molecule has 0 saturated carbocycles. The summed E-state index contributed by atoms with van der Waals surface area (Å²) < 4.78 is 10.1. The van der Waals surface area contributed by atoms with Gasteiger partial charge in [-0.3, -0.25) is 4.79 Å². The maximum Gasteiger partial charge on any atom is 0.410 e. The normalized spacial score (nSPS) is 16.0. The summed E-state index contributed by atoms with van der Waals surface area (Å²) in [6.45, 7) is 8.14. The molecule has 1 aromatic rings. The molecule has 0 bridgehead atoms. The highest BCUT2D eigenvalue weighted by Gasteiger charge is 2.38. The number of esters is 1. The van der Waals surface area contributed by atoms with Crippen molar-refractivity contribution in [3.63, 3.8) is 0 Å². The molecule has 7 nitrogen and oxygen atoms in total. The summed E-state index contributed by atoms with van der Waals surface area (Å²) >= 11 is 0. The standard InChI is InChI=1S/C23H28N2O5/c1-5-29-20(27)19(26)11-8-17-6-9-18(10-7-17)23(16-24)12-14-25(15-13-23)21(28)30-22(2,3)4/h6-11H,5,12-15H2,1-4H3. The van der Waals surface area contributed by atoms with Gasteiger partial charge in [-0.15, -0.1) is 0 Å². The Morgan fingerprint density at radius 2 is 1.77 bits per heavy atom. The van der Waals surface area contributed by atoms with Crippen molar-refractivity contribution in [3.8, 4) is 6.07 Å². The average molecular weight is 412 g/mol. The van der Waals surface area contributed by atoms with Crippen molar-refractivity contribution in [2.75, 3.05) is 19.7 Å². The van der Waals surface area contributed by atoms with E-state index in [9.17, 15) is 19.6 Å². The Balaban J connectivity index is 2.04. The van der Waals surface area contributed by atoms with Crippen LogP contribution in [0.3, 0.4) is 0 Å². The second kappa shape index (κ2) is 9.57. The van der Waals surface area contributed by atoms with Gasteiger partial charge in [-0.05, 0) is 57.7 Å². The van der Waals surface area contributed by atoms with Crippen LogP contribution in [0.4, 0.5) is 4.79 Å². The first kappa shape index (κ1) is 23.1. The molecule has 0 radical (unpaired) electrons. The fraction of sp³-hybridized carbons (Fsp3) is 0.478. The number of hydrogen-bond donors (Lipinski definition) is 0. The van der Waals surface area contributed by atoms with Crippen LogP contribution in [0, 0.1) is 11.3 Å². The van der Waals surface area contributed by atoms with Crippen molar-refractivity contribution in [1.82, 2.24) is 4.90 Å². The summed E-state index contributed by atoms with van der Waals surface area (Å²) in [6, 6.07) is 9.71. The Hall–Kier alpha value is -3.14. The smallest absolute Gasteiger partial charge is 0.410 e. The van der Waals surface area contributed by atoms with Gasteiger partial charge in [0.05, 0.1) is 18.1 Å². The molecule has 0 N–H and O–H groups in total. The fourth-order valence-corrected chi connectivity index (χ4v) is 3.22. The molecular formula is C23H28N2O5. The Bertz CT molecular complexity index is 851. The molecule has 30 heavy (non-hydrogen) atoms. The molecule has 1 fully saturated rings. The van der Waals surface area contributed by atoms with E-state index in [1.807, 2.05) is 32.9 Å². The van der Waals surface area contributed by atoms with Gasteiger partial charge in [0.1, 0.15) is 5.60 Å². The summed E-state index contributed by atoms with van der Waals surface area (Å²) in [5.74, 6) is -1.60. The fourth-order valence-electron chi connectivity index (χ4n) is 3.22. The van der Waals surface area contributed by atoms with Gasteiger partial charge in [0, 0.05) is 13.1 Å². The molecule has 1 heterocycles. The minimum Gasteiger partial charge on any atom is -0.460 e. The maximum atomic E-state index is 12.3. The summed E-state index contributed by atoms with van der Waals surface area (Å²) in [5.41, 5.74) is 0.360. The Labute approximate surface area is 177 Å². The first-order valence-electron chi connectivity index (χ1n) is 9.99. The zero-order chi connectivity index (χ0) is 22.4. The first-order valence-corrected chi connectivity index (χ1v) is 9.99. The minimum atomic E-state index is -0.884. The number of nitrogens with zero attached hydrogens (tertiary/aromatic N) is 2. The molecule has 0 unspecified atom stereocenters. The van der Waals surface area contributed by atoms with E-state index >= 15 is 0 Å². The summed E-state index contributed by atoms with van der Waals surface area (Å²) in [6.07, 6.45) is 3.37. The van der Waals surface area contributed by atoms with Gasteiger partial charge in [0.25, 0.3) is 5.78 Å². The zero-order valence-electron chi connectivity index (χ0n) is 17.9. The molecule has 160 valence electrons. The van der Waals surface area contributed by atoms with E-state index in [2.05, 4.69) is 10.8 Å². The van der Waals surface area contributed by atoms with E-state index in [0.717, 1.165) is 11.1 Å². The highest BCUT2D eigenvalue weighted by atomic mass is 16.6. The monoisotopic (exact) mass is 412 g/mol. The van der Waals surface area contributed by atoms with Crippen molar-refractivity contribution in [2.24, 2.45) is 0 Å². The second-order valence-corrected chi connectivity index (χ2v) is 8.20. The van der Waals surface area contributed by atoms with Crippen LogP contribution >= 0.6 is 0 Å². The van der Waals surface area contributed by atoms with Gasteiger partial charge in [-0.2, -0.15) is 5.26 Å². The largest absolute Gasteiger partial charge is 0.460 e. The number of likely N-dealkylation sites (tertiary alicyclic amines) is 1. The van der Waals surface area contributed by atoms with Crippen LogP contribution < -0.4 is 0 Å². The van der Waals surface area contributed by atoms with E-state index in [0.29, 0.717) is 25.9 Å². The molecule has 1 aliphatic heterocycles. The van der Waals surface area contributed by atoms with Gasteiger partial charge in [-0.25, -0.2) is 9.59 Å². The number of benzene rings is 1. The highest BCUT2D eigenvalue weighted by molar-refractivity contribution is 6.39. The van der Waals surface area contributed by atoms with Crippen molar-refractivity contribution in [3.05, 3.63) is 41.5 Å². The van der Waals surface area contributed by atoms with E-state index < -0.39 is 22.8 Å². The predicted octanol–water partition coefficient (Wildman–Crippen LogP) is 3.62. The van der Waals surface area contributed by atoms with E-state index in [4.69, 9.17) is 4.74 Å². The van der Waals surface area contributed by atoms with E-state index in [1.165, 1.54) is 12.2 Å². The third-order valence-corrected chi connectivity index (χ3v) is 4.85. The highest BCUT2D eigenvalue weighted by Crippen LogP contribution is 2.35. The van der Waals surface area contributed by atoms with Crippen LogP contribution in [0.5, 0.6) is 0 Å². The van der Waals surface area contributed by atoms with Gasteiger partial charge in [-0.1, -0.05) is 30.3 Å². The van der Waals surface area contributed by atoms with E-state index in [1.54, 1.807) is 24.0 Å². The van der Waals surface area contributed by atoms with Crippen molar-refractivity contribution in [2.45, 2.75) is 51.6 Å². The number of rotatable bonds is 5.